The van der Waals surface area contributed by atoms with Gasteiger partial charge in [-0.15, -0.1) is 12.8 Å². The Kier molecular flexibility index (Phi) is 35.8. The Balaban J connectivity index is 3.91. The predicted octanol–water partition coefficient (Wildman–Crippen LogP) is 11.8. The molecule has 0 aliphatic rings. The molecule has 0 heterocycles. The van der Waals surface area contributed by atoms with E-state index in [1.54, 1.807) is 6.08 Å². The molecular formula is C46H68O2. The molecule has 264 valence electrons. The summed E-state index contributed by atoms with van der Waals surface area (Å²) in [5.41, 5.74) is 0. The van der Waals surface area contributed by atoms with Gasteiger partial charge in [-0.2, -0.15) is 0 Å². The van der Waals surface area contributed by atoms with Gasteiger partial charge < -0.3 is 10.2 Å². The Bertz CT molecular complexity index is 1080. The van der Waals surface area contributed by atoms with Gasteiger partial charge in [0.2, 0.25) is 0 Å². The molecule has 0 bridgehead atoms. The fourth-order valence-corrected chi connectivity index (χ4v) is 5.29. The summed E-state index contributed by atoms with van der Waals surface area (Å²) in [5.74, 6) is 16.9. The van der Waals surface area contributed by atoms with Gasteiger partial charge in [-0.25, -0.2) is 0 Å². The van der Waals surface area contributed by atoms with Crippen molar-refractivity contribution in [2.24, 2.45) is 5.92 Å². The largest absolute Gasteiger partial charge is 0.377 e. The third-order valence-electron chi connectivity index (χ3n) is 8.19. The molecule has 0 saturated heterocycles. The topological polar surface area (TPSA) is 40.5 Å². The van der Waals surface area contributed by atoms with Crippen LogP contribution in [0.1, 0.15) is 161 Å². The summed E-state index contributed by atoms with van der Waals surface area (Å²) in [4.78, 5) is 0. The minimum absolute atomic E-state index is 0.413. The van der Waals surface area contributed by atoms with Crippen LogP contribution in [0.2, 0.25) is 0 Å². The average Bonchev–Trinajstić information content (AvgIpc) is 3.09. The van der Waals surface area contributed by atoms with Gasteiger partial charge in [-0.1, -0.05) is 168 Å². The fraction of sp³-hybridized carbons (Fsp3) is 0.609. The smallest absolute Gasteiger partial charge is 0.176 e. The summed E-state index contributed by atoms with van der Waals surface area (Å²) in [6.07, 6.45) is 58.5. The van der Waals surface area contributed by atoms with Crippen molar-refractivity contribution < 1.29 is 10.2 Å². The molecule has 0 aliphatic heterocycles. The summed E-state index contributed by atoms with van der Waals surface area (Å²) in [6, 6.07) is 0. The first-order valence-corrected chi connectivity index (χ1v) is 19.2. The van der Waals surface area contributed by atoms with Crippen LogP contribution >= 0.6 is 0 Å². The first-order valence-electron chi connectivity index (χ1n) is 19.2. The summed E-state index contributed by atoms with van der Waals surface area (Å²) in [6.45, 7) is 2.28. The van der Waals surface area contributed by atoms with E-state index in [9.17, 15) is 10.2 Å². The van der Waals surface area contributed by atoms with Gasteiger partial charge in [-0.05, 0) is 88.4 Å². The molecule has 48 heavy (non-hydrogen) atoms. The molecule has 0 fully saturated rings. The molecule has 0 aromatic heterocycles. The third-order valence-corrected chi connectivity index (χ3v) is 8.19. The quantitative estimate of drug-likeness (QED) is 0.0479. The van der Waals surface area contributed by atoms with Crippen molar-refractivity contribution in [2.45, 2.75) is 173 Å². The number of unbranched alkanes of at least 4 members (excludes halogenated alkanes) is 19. The zero-order valence-corrected chi connectivity index (χ0v) is 30.5. The molecule has 0 radical (unpaired) electrons. The molecule has 0 rings (SSSR count). The lowest BCUT2D eigenvalue weighted by Crippen LogP contribution is -1.97. The standard InChI is InChI=1S/C46H68O2/c1-4-7-9-10-11-12-17-20-23-28-33-39-44(38-8-5-2)40-34-29-26-27-32-37-43-46(48)42-36-31-25-22-19-16-14-13-15-18-21-24-30-35-41-45(47)6-3/h2-3,8,14,16,27,32,34-35,38,40-41,44-48H,4,7,9-13,15,17-26,28-31,33,39H2,1H3/b16-14-,32-27+,38-8-,40-34-,41-35+/t44?,45-,46+/m1/s1. The van der Waals surface area contributed by atoms with Gasteiger partial charge in [-0.3, -0.25) is 0 Å². The van der Waals surface area contributed by atoms with Gasteiger partial charge in [0.1, 0.15) is 6.10 Å². The van der Waals surface area contributed by atoms with E-state index in [2.05, 4.69) is 78.9 Å². The summed E-state index contributed by atoms with van der Waals surface area (Å²) >= 11 is 0. The van der Waals surface area contributed by atoms with E-state index in [1.807, 2.05) is 18.2 Å². The van der Waals surface area contributed by atoms with Gasteiger partial charge in [0, 0.05) is 6.42 Å². The number of hydrogen-bond acceptors (Lipinski definition) is 2. The Morgan fingerprint density at radius 2 is 1.10 bits per heavy atom. The van der Waals surface area contributed by atoms with Crippen molar-refractivity contribution in [2.75, 3.05) is 0 Å². The normalized spacial score (nSPS) is 13.4. The second-order valence-corrected chi connectivity index (χ2v) is 12.7. The molecule has 2 nitrogen and oxygen atoms in total. The lowest BCUT2D eigenvalue weighted by atomic mass is 9.98. The van der Waals surface area contributed by atoms with Crippen molar-refractivity contribution in [1.82, 2.24) is 0 Å². The maximum absolute atomic E-state index is 9.99. The van der Waals surface area contributed by atoms with E-state index in [4.69, 9.17) is 12.8 Å². The first-order chi connectivity index (χ1) is 23.6. The lowest BCUT2D eigenvalue weighted by molar-refractivity contribution is 0.280. The van der Waals surface area contributed by atoms with Crippen LogP contribution in [-0.2, 0) is 0 Å². The number of hydrogen-bond donors (Lipinski definition) is 2. The van der Waals surface area contributed by atoms with Gasteiger partial charge in [0.15, 0.2) is 6.10 Å². The highest BCUT2D eigenvalue weighted by Crippen LogP contribution is 2.17. The second kappa shape index (κ2) is 38.3. The zero-order chi connectivity index (χ0) is 35.0. The van der Waals surface area contributed by atoms with Crippen LogP contribution in [0.5, 0.6) is 0 Å². The van der Waals surface area contributed by atoms with E-state index in [1.165, 1.54) is 89.9 Å². The number of allylic oxidation sites excluding steroid dienone is 9. The highest BCUT2D eigenvalue weighted by atomic mass is 16.3. The van der Waals surface area contributed by atoms with E-state index in [0.29, 0.717) is 5.92 Å². The maximum atomic E-state index is 9.99. The zero-order valence-electron chi connectivity index (χ0n) is 30.5. The molecule has 3 atom stereocenters. The van der Waals surface area contributed by atoms with E-state index in [-0.39, 0.29) is 0 Å². The Hall–Kier alpha value is -3.14. The highest BCUT2D eigenvalue weighted by Gasteiger charge is 2.00. The Morgan fingerprint density at radius 3 is 1.75 bits per heavy atom. The van der Waals surface area contributed by atoms with Crippen molar-refractivity contribution in [1.29, 1.82) is 0 Å². The number of rotatable bonds is 29. The van der Waals surface area contributed by atoms with Crippen LogP contribution in [-0.4, -0.2) is 22.4 Å². The molecule has 1 unspecified atom stereocenters. The molecule has 0 spiro atoms. The van der Waals surface area contributed by atoms with Gasteiger partial charge in [0.05, 0.1) is 0 Å². The minimum Gasteiger partial charge on any atom is -0.377 e. The van der Waals surface area contributed by atoms with Crippen LogP contribution in [0, 0.1) is 54.3 Å². The van der Waals surface area contributed by atoms with Gasteiger partial charge in [0.25, 0.3) is 0 Å². The molecule has 2 heteroatoms. The third kappa shape index (κ3) is 35.7. The van der Waals surface area contributed by atoms with E-state index < -0.39 is 12.2 Å². The monoisotopic (exact) mass is 653 g/mol. The summed E-state index contributed by atoms with van der Waals surface area (Å²) < 4.78 is 0. The van der Waals surface area contributed by atoms with Crippen molar-refractivity contribution >= 4 is 0 Å². The minimum atomic E-state index is -0.890. The Labute approximate surface area is 297 Å². The van der Waals surface area contributed by atoms with Crippen LogP contribution in [0.3, 0.4) is 0 Å². The van der Waals surface area contributed by atoms with Gasteiger partial charge >= 0.3 is 0 Å². The number of aliphatic hydroxyl groups excluding tert-OH is 2. The van der Waals surface area contributed by atoms with Crippen LogP contribution in [0.15, 0.2) is 60.8 Å². The van der Waals surface area contributed by atoms with Crippen molar-refractivity contribution in [3.05, 3.63) is 60.8 Å². The molecule has 0 aromatic rings. The summed E-state index contributed by atoms with van der Waals surface area (Å²) in [7, 11) is 0. The highest BCUT2D eigenvalue weighted by molar-refractivity contribution is 5.24. The van der Waals surface area contributed by atoms with Crippen LogP contribution in [0.4, 0.5) is 0 Å². The van der Waals surface area contributed by atoms with Crippen molar-refractivity contribution in [3.8, 4) is 48.4 Å². The number of aliphatic hydroxyl groups is 2. The molecule has 0 aromatic carbocycles. The van der Waals surface area contributed by atoms with E-state index in [0.717, 1.165) is 64.2 Å². The molecular weight excluding hydrogens is 585 g/mol. The predicted molar refractivity (Wildman–Crippen MR) is 211 cm³/mol. The average molecular weight is 653 g/mol. The van der Waals surface area contributed by atoms with Crippen LogP contribution < -0.4 is 0 Å². The second-order valence-electron chi connectivity index (χ2n) is 12.7. The molecule has 0 saturated carbocycles. The lowest BCUT2D eigenvalue weighted by Gasteiger charge is -2.08. The van der Waals surface area contributed by atoms with Crippen LogP contribution in [0.25, 0.3) is 0 Å². The Morgan fingerprint density at radius 1 is 0.542 bits per heavy atom. The van der Waals surface area contributed by atoms with E-state index >= 15 is 0 Å². The number of terminal acetylenes is 2. The molecule has 0 amide bonds. The van der Waals surface area contributed by atoms with Crippen molar-refractivity contribution in [3.63, 3.8) is 0 Å². The first kappa shape index (κ1) is 44.9. The summed E-state index contributed by atoms with van der Waals surface area (Å²) in [5, 5.41) is 19.2. The molecule has 0 aliphatic carbocycles. The maximum Gasteiger partial charge on any atom is 0.176 e. The SMILES string of the molecule is C#C/C=C\C(/C=C\CC/C=C/C#C[C@@H](O)C#CCCCC/C=C\CCCCCC/C=C/[C@H](O)C#C)CCCCCCCCCCCCC. The molecule has 2 N–H and O–H groups in total. The fourth-order valence-electron chi connectivity index (χ4n) is 5.29.